The van der Waals surface area contributed by atoms with E-state index >= 15 is 0 Å². The van der Waals surface area contributed by atoms with Crippen LogP contribution >= 0.6 is 0 Å². The monoisotopic (exact) mass is 275 g/mol. The van der Waals surface area contributed by atoms with E-state index < -0.39 is 0 Å². The van der Waals surface area contributed by atoms with Crippen LogP contribution in [0.1, 0.15) is 19.7 Å². The zero-order chi connectivity index (χ0) is 14.4. The molecule has 2 rings (SSSR count). The van der Waals surface area contributed by atoms with Gasteiger partial charge in [-0.3, -0.25) is 0 Å². The molecule has 0 aliphatic heterocycles. The Balaban J connectivity index is 2.06. The van der Waals surface area contributed by atoms with E-state index in [0.717, 1.165) is 29.6 Å². The molecule has 108 valence electrons. The quantitative estimate of drug-likeness (QED) is 0.844. The lowest BCUT2D eigenvalue weighted by Crippen LogP contribution is -2.07. The number of imidazole rings is 1. The third-order valence-corrected chi connectivity index (χ3v) is 3.06. The molecule has 0 amide bonds. The molecular formula is C15H21N3O2. The maximum absolute atomic E-state index is 5.50. The number of hydrogen-bond donors (Lipinski definition) is 1. The maximum Gasteiger partial charge on any atom is 0.162 e. The topological polar surface area (TPSA) is 48.3 Å². The first-order valence-electron chi connectivity index (χ1n) is 6.83. The number of aromatic nitrogens is 2. The van der Waals surface area contributed by atoms with Crippen LogP contribution in [0.5, 0.6) is 11.5 Å². The van der Waals surface area contributed by atoms with Gasteiger partial charge in [-0.1, -0.05) is 0 Å². The largest absolute Gasteiger partial charge is 0.493 e. The Hall–Kier alpha value is -2.17. The van der Waals surface area contributed by atoms with Gasteiger partial charge in [-0.15, -0.1) is 0 Å². The van der Waals surface area contributed by atoms with Crippen molar-refractivity contribution >= 4 is 5.69 Å². The molecule has 0 spiro atoms. The Bertz CT molecular complexity index is 552. The smallest absolute Gasteiger partial charge is 0.162 e. The number of hydrogen-bond acceptors (Lipinski definition) is 4. The highest BCUT2D eigenvalue weighted by atomic mass is 16.5. The van der Waals surface area contributed by atoms with Gasteiger partial charge in [-0.05, 0) is 26.0 Å². The standard InChI is InChI=1S/C15H21N3O2/c1-4-18-9-8-16-15(18)11-17-12-6-7-13(20-5-2)14(10-12)19-3/h6-10,17H,4-5,11H2,1-3H3. The molecule has 0 saturated carbocycles. The fourth-order valence-electron chi connectivity index (χ4n) is 2.03. The van der Waals surface area contributed by atoms with Crippen LogP contribution < -0.4 is 14.8 Å². The highest BCUT2D eigenvalue weighted by Crippen LogP contribution is 2.30. The van der Waals surface area contributed by atoms with Crippen LogP contribution in [0.15, 0.2) is 30.6 Å². The average Bonchev–Trinajstić information content (AvgIpc) is 2.94. The van der Waals surface area contributed by atoms with E-state index in [1.807, 2.05) is 37.5 Å². The summed E-state index contributed by atoms with van der Waals surface area (Å²) in [5.41, 5.74) is 0.982. The zero-order valence-electron chi connectivity index (χ0n) is 12.2. The maximum atomic E-state index is 5.50. The van der Waals surface area contributed by atoms with Gasteiger partial charge in [-0.2, -0.15) is 0 Å². The number of methoxy groups -OCH3 is 1. The van der Waals surface area contributed by atoms with Gasteiger partial charge < -0.3 is 19.4 Å². The number of nitrogens with zero attached hydrogens (tertiary/aromatic N) is 2. The van der Waals surface area contributed by atoms with E-state index in [4.69, 9.17) is 9.47 Å². The van der Waals surface area contributed by atoms with Gasteiger partial charge in [0.2, 0.25) is 0 Å². The van der Waals surface area contributed by atoms with Crippen LogP contribution in [-0.4, -0.2) is 23.3 Å². The number of nitrogens with one attached hydrogen (secondary N) is 1. The molecule has 0 aliphatic carbocycles. The second-order valence-electron chi connectivity index (χ2n) is 4.28. The van der Waals surface area contributed by atoms with E-state index in [9.17, 15) is 0 Å². The highest BCUT2D eigenvalue weighted by Gasteiger charge is 2.06. The van der Waals surface area contributed by atoms with Crippen LogP contribution in [0.4, 0.5) is 5.69 Å². The summed E-state index contributed by atoms with van der Waals surface area (Å²) in [5.74, 6) is 2.51. The minimum Gasteiger partial charge on any atom is -0.493 e. The van der Waals surface area contributed by atoms with Crippen molar-refractivity contribution in [1.82, 2.24) is 9.55 Å². The molecule has 0 radical (unpaired) electrons. The minimum absolute atomic E-state index is 0.622. The summed E-state index contributed by atoms with van der Waals surface area (Å²) >= 11 is 0. The lowest BCUT2D eigenvalue weighted by atomic mass is 10.2. The molecule has 5 heteroatoms. The summed E-state index contributed by atoms with van der Waals surface area (Å²) < 4.78 is 12.9. The molecule has 1 aromatic carbocycles. The first-order valence-corrected chi connectivity index (χ1v) is 6.83. The van der Waals surface area contributed by atoms with E-state index in [2.05, 4.69) is 21.8 Å². The van der Waals surface area contributed by atoms with Gasteiger partial charge in [0.05, 0.1) is 20.3 Å². The number of anilines is 1. The van der Waals surface area contributed by atoms with Crippen molar-refractivity contribution in [3.63, 3.8) is 0 Å². The summed E-state index contributed by atoms with van der Waals surface area (Å²) in [6.45, 7) is 6.28. The van der Waals surface area contributed by atoms with E-state index in [-0.39, 0.29) is 0 Å². The van der Waals surface area contributed by atoms with E-state index in [1.54, 1.807) is 7.11 Å². The Labute approximate surface area is 119 Å². The second kappa shape index (κ2) is 6.84. The minimum atomic E-state index is 0.622. The van der Waals surface area contributed by atoms with E-state index in [1.165, 1.54) is 0 Å². The predicted molar refractivity (Wildman–Crippen MR) is 79.4 cm³/mol. The number of ether oxygens (including phenoxy) is 2. The SMILES string of the molecule is CCOc1ccc(NCc2nccn2CC)cc1OC. The van der Waals surface area contributed by atoms with Crippen molar-refractivity contribution in [3.05, 3.63) is 36.4 Å². The van der Waals surface area contributed by atoms with Crippen LogP contribution in [0.25, 0.3) is 0 Å². The molecule has 0 aliphatic rings. The van der Waals surface area contributed by atoms with Crippen LogP contribution in [-0.2, 0) is 13.1 Å². The fraction of sp³-hybridized carbons (Fsp3) is 0.400. The first-order chi connectivity index (χ1) is 9.78. The Morgan fingerprint density at radius 1 is 1.25 bits per heavy atom. The Morgan fingerprint density at radius 2 is 2.10 bits per heavy atom. The number of rotatable bonds is 7. The third kappa shape index (κ3) is 3.23. The van der Waals surface area contributed by atoms with Gasteiger partial charge >= 0.3 is 0 Å². The van der Waals surface area contributed by atoms with Crippen molar-refractivity contribution in [1.29, 1.82) is 0 Å². The first kappa shape index (κ1) is 14.2. The summed E-state index contributed by atoms with van der Waals surface area (Å²) in [6.07, 6.45) is 3.80. The number of benzene rings is 1. The molecule has 0 bridgehead atoms. The van der Waals surface area contributed by atoms with Crippen molar-refractivity contribution in [2.45, 2.75) is 26.9 Å². The van der Waals surface area contributed by atoms with Crippen molar-refractivity contribution < 1.29 is 9.47 Å². The molecule has 2 aromatic rings. The normalized spacial score (nSPS) is 10.3. The molecule has 1 aromatic heterocycles. The van der Waals surface area contributed by atoms with Gasteiger partial charge in [0.15, 0.2) is 11.5 Å². The van der Waals surface area contributed by atoms with Gasteiger partial charge in [-0.25, -0.2) is 4.98 Å². The number of aryl methyl sites for hydroxylation is 1. The van der Waals surface area contributed by atoms with Gasteiger partial charge in [0.25, 0.3) is 0 Å². The predicted octanol–water partition coefficient (Wildman–Crippen LogP) is 2.92. The van der Waals surface area contributed by atoms with Crippen LogP contribution in [0, 0.1) is 0 Å². The molecule has 0 fully saturated rings. The molecular weight excluding hydrogens is 254 g/mol. The summed E-state index contributed by atoms with van der Waals surface area (Å²) in [5, 5.41) is 3.35. The van der Waals surface area contributed by atoms with Crippen molar-refractivity contribution in [2.75, 3.05) is 19.0 Å². The summed E-state index contributed by atoms with van der Waals surface area (Å²) in [4.78, 5) is 4.34. The molecule has 0 saturated heterocycles. The summed E-state index contributed by atoms with van der Waals surface area (Å²) in [6, 6.07) is 5.83. The van der Waals surface area contributed by atoms with Gasteiger partial charge in [0, 0.05) is 30.7 Å². The van der Waals surface area contributed by atoms with E-state index in [0.29, 0.717) is 13.2 Å². The summed E-state index contributed by atoms with van der Waals surface area (Å²) in [7, 11) is 1.64. The van der Waals surface area contributed by atoms with Crippen molar-refractivity contribution in [3.8, 4) is 11.5 Å². The molecule has 1 heterocycles. The zero-order valence-corrected chi connectivity index (χ0v) is 12.2. The molecule has 1 N–H and O–H groups in total. The average molecular weight is 275 g/mol. The molecule has 20 heavy (non-hydrogen) atoms. The van der Waals surface area contributed by atoms with Crippen molar-refractivity contribution in [2.24, 2.45) is 0 Å². The fourth-order valence-corrected chi connectivity index (χ4v) is 2.03. The third-order valence-electron chi connectivity index (χ3n) is 3.06. The molecule has 0 unspecified atom stereocenters. The Morgan fingerprint density at radius 3 is 2.80 bits per heavy atom. The lowest BCUT2D eigenvalue weighted by Gasteiger charge is -2.12. The second-order valence-corrected chi connectivity index (χ2v) is 4.28. The lowest BCUT2D eigenvalue weighted by molar-refractivity contribution is 0.311. The van der Waals surface area contributed by atoms with Gasteiger partial charge in [0.1, 0.15) is 5.82 Å². The molecule has 0 atom stereocenters. The van der Waals surface area contributed by atoms with Crippen LogP contribution in [0.3, 0.4) is 0 Å². The Kier molecular flexibility index (Phi) is 4.87. The highest BCUT2D eigenvalue weighted by molar-refractivity contribution is 5.54. The molecule has 5 nitrogen and oxygen atoms in total. The van der Waals surface area contributed by atoms with Crippen LogP contribution in [0.2, 0.25) is 0 Å².